The lowest BCUT2D eigenvalue weighted by molar-refractivity contribution is 0.198. The van der Waals surface area contributed by atoms with Gasteiger partial charge in [0.25, 0.3) is 0 Å². The van der Waals surface area contributed by atoms with Gasteiger partial charge in [0.2, 0.25) is 0 Å². The lowest BCUT2D eigenvalue weighted by Gasteiger charge is -2.11. The molecule has 0 saturated carbocycles. The number of aliphatic hydroxyl groups is 1. The summed E-state index contributed by atoms with van der Waals surface area (Å²) in [6.45, 7) is 1.73. The van der Waals surface area contributed by atoms with Gasteiger partial charge in [-0.2, -0.15) is 0 Å². The van der Waals surface area contributed by atoms with Crippen molar-refractivity contribution < 1.29 is 14.6 Å². The summed E-state index contributed by atoms with van der Waals surface area (Å²) in [4.78, 5) is 0. The highest BCUT2D eigenvalue weighted by atomic mass is 79.9. The molecule has 2 rings (SSSR count). The summed E-state index contributed by atoms with van der Waals surface area (Å²) in [7, 11) is 1.63. The molecular weight excluding hydrogens is 308 g/mol. The van der Waals surface area contributed by atoms with Gasteiger partial charge in [0.05, 0.1) is 13.2 Å². The Bertz CT molecular complexity index is 550. The van der Waals surface area contributed by atoms with Crippen LogP contribution in [0.4, 0.5) is 0 Å². The van der Waals surface area contributed by atoms with Crippen LogP contribution in [0.5, 0.6) is 17.2 Å². The number of methoxy groups -OCH3 is 1. The van der Waals surface area contributed by atoms with Crippen LogP contribution in [-0.2, 0) is 0 Å². The average Bonchev–Trinajstić information content (AvgIpc) is 2.39. The van der Waals surface area contributed by atoms with Crippen molar-refractivity contribution in [3.8, 4) is 17.2 Å². The molecule has 0 saturated heterocycles. The molecule has 0 amide bonds. The number of rotatable bonds is 4. The number of ether oxygens (including phenoxy) is 2. The van der Waals surface area contributed by atoms with Gasteiger partial charge in [0.1, 0.15) is 17.2 Å². The second-order valence-electron chi connectivity index (χ2n) is 4.14. The van der Waals surface area contributed by atoms with Gasteiger partial charge < -0.3 is 14.6 Å². The Hall–Kier alpha value is -1.52. The summed E-state index contributed by atoms with van der Waals surface area (Å²) < 4.78 is 11.6. The van der Waals surface area contributed by atoms with Crippen molar-refractivity contribution in [2.75, 3.05) is 7.11 Å². The van der Waals surface area contributed by atoms with E-state index in [1.807, 2.05) is 42.5 Å². The molecule has 0 heterocycles. The van der Waals surface area contributed by atoms with Crippen LogP contribution in [0.15, 0.2) is 46.9 Å². The highest BCUT2D eigenvalue weighted by molar-refractivity contribution is 9.10. The molecule has 2 aromatic rings. The molecule has 100 valence electrons. The van der Waals surface area contributed by atoms with Crippen molar-refractivity contribution in [2.45, 2.75) is 13.0 Å². The molecule has 3 nitrogen and oxygen atoms in total. The summed E-state index contributed by atoms with van der Waals surface area (Å²) in [5.41, 5.74) is 0.835. The van der Waals surface area contributed by atoms with Crippen molar-refractivity contribution in [3.63, 3.8) is 0 Å². The largest absolute Gasteiger partial charge is 0.497 e. The van der Waals surface area contributed by atoms with E-state index in [9.17, 15) is 5.11 Å². The zero-order valence-corrected chi connectivity index (χ0v) is 12.3. The normalized spacial score (nSPS) is 12.0. The zero-order valence-electron chi connectivity index (χ0n) is 10.8. The molecule has 0 spiro atoms. The number of hydrogen-bond acceptors (Lipinski definition) is 3. The maximum absolute atomic E-state index is 9.56. The van der Waals surface area contributed by atoms with Crippen LogP contribution in [-0.4, -0.2) is 12.2 Å². The molecule has 4 heteroatoms. The molecule has 0 unspecified atom stereocenters. The third-order valence-electron chi connectivity index (χ3n) is 2.72. The van der Waals surface area contributed by atoms with Crippen molar-refractivity contribution >= 4 is 15.9 Å². The Morgan fingerprint density at radius 1 is 1.00 bits per heavy atom. The van der Waals surface area contributed by atoms with Gasteiger partial charge >= 0.3 is 0 Å². The molecule has 0 radical (unpaired) electrons. The van der Waals surface area contributed by atoms with Gasteiger partial charge in [-0.3, -0.25) is 0 Å². The number of benzene rings is 2. The van der Waals surface area contributed by atoms with Gasteiger partial charge in [0, 0.05) is 4.47 Å². The summed E-state index contributed by atoms with van der Waals surface area (Å²) in [6.07, 6.45) is -0.510. The van der Waals surface area contributed by atoms with Crippen molar-refractivity contribution in [3.05, 3.63) is 52.5 Å². The first-order chi connectivity index (χ1) is 9.10. The van der Waals surface area contributed by atoms with Crippen LogP contribution < -0.4 is 9.47 Å². The highest BCUT2D eigenvalue weighted by Crippen LogP contribution is 2.30. The fraction of sp³-hybridized carbons (Fsp3) is 0.200. The van der Waals surface area contributed by atoms with E-state index >= 15 is 0 Å². The average molecular weight is 323 g/mol. The molecule has 0 aromatic heterocycles. The quantitative estimate of drug-likeness (QED) is 0.911. The SMILES string of the molecule is COc1ccc(Oc2ccc([C@@H](C)O)c(Br)c2)cc1. The molecule has 2 aromatic carbocycles. The van der Waals surface area contributed by atoms with Crippen LogP contribution in [0.25, 0.3) is 0 Å². The van der Waals surface area contributed by atoms with Crippen molar-refractivity contribution in [2.24, 2.45) is 0 Å². The Labute approximate surface area is 120 Å². The molecule has 19 heavy (non-hydrogen) atoms. The number of hydrogen-bond donors (Lipinski definition) is 1. The standard InChI is InChI=1S/C15H15BrO3/c1-10(17)14-8-7-13(9-15(14)16)19-12-5-3-11(18-2)4-6-12/h3-10,17H,1-2H3/t10-/m1/s1. The summed E-state index contributed by atoms with van der Waals surface area (Å²) >= 11 is 3.42. The van der Waals surface area contributed by atoms with Crippen LogP contribution in [0.3, 0.4) is 0 Å². The van der Waals surface area contributed by atoms with Crippen LogP contribution in [0.2, 0.25) is 0 Å². The fourth-order valence-corrected chi connectivity index (χ4v) is 2.38. The van der Waals surface area contributed by atoms with Gasteiger partial charge in [-0.05, 0) is 48.9 Å². The van der Waals surface area contributed by atoms with E-state index in [0.717, 1.165) is 21.5 Å². The number of halogens is 1. The van der Waals surface area contributed by atoms with Crippen molar-refractivity contribution in [1.29, 1.82) is 0 Å². The lowest BCUT2D eigenvalue weighted by Crippen LogP contribution is -1.93. The highest BCUT2D eigenvalue weighted by Gasteiger charge is 2.07. The lowest BCUT2D eigenvalue weighted by atomic mass is 10.1. The zero-order chi connectivity index (χ0) is 13.8. The second-order valence-corrected chi connectivity index (χ2v) is 4.99. The van der Waals surface area contributed by atoms with E-state index in [4.69, 9.17) is 9.47 Å². The minimum atomic E-state index is -0.510. The van der Waals surface area contributed by atoms with E-state index in [2.05, 4.69) is 15.9 Å². The fourth-order valence-electron chi connectivity index (χ4n) is 1.69. The Kier molecular flexibility index (Phi) is 4.45. The molecule has 0 aliphatic heterocycles. The minimum Gasteiger partial charge on any atom is -0.497 e. The van der Waals surface area contributed by atoms with Crippen LogP contribution >= 0.6 is 15.9 Å². The molecule has 0 aliphatic rings. The maximum atomic E-state index is 9.56. The van der Waals surface area contributed by atoms with Crippen molar-refractivity contribution in [1.82, 2.24) is 0 Å². The first kappa shape index (κ1) is 13.9. The third-order valence-corrected chi connectivity index (χ3v) is 3.40. The molecular formula is C15H15BrO3. The minimum absolute atomic E-state index is 0.510. The van der Waals surface area contributed by atoms with Gasteiger partial charge in [-0.1, -0.05) is 22.0 Å². The van der Waals surface area contributed by atoms with E-state index < -0.39 is 6.10 Å². The smallest absolute Gasteiger partial charge is 0.128 e. The second kappa shape index (κ2) is 6.08. The van der Waals surface area contributed by atoms with E-state index in [1.165, 1.54) is 0 Å². The van der Waals surface area contributed by atoms with Gasteiger partial charge in [0.15, 0.2) is 0 Å². The molecule has 1 atom stereocenters. The number of aliphatic hydroxyl groups excluding tert-OH is 1. The van der Waals surface area contributed by atoms with Gasteiger partial charge in [-0.15, -0.1) is 0 Å². The molecule has 0 bridgehead atoms. The van der Waals surface area contributed by atoms with E-state index in [0.29, 0.717) is 5.75 Å². The summed E-state index contributed by atoms with van der Waals surface area (Å²) in [5.74, 6) is 2.23. The van der Waals surface area contributed by atoms with E-state index in [-0.39, 0.29) is 0 Å². The molecule has 1 N–H and O–H groups in total. The topological polar surface area (TPSA) is 38.7 Å². The predicted octanol–water partition coefficient (Wildman–Crippen LogP) is 4.30. The van der Waals surface area contributed by atoms with E-state index in [1.54, 1.807) is 14.0 Å². The molecule has 0 aliphatic carbocycles. The summed E-state index contributed by atoms with van der Waals surface area (Å²) in [6, 6.07) is 12.9. The first-order valence-electron chi connectivity index (χ1n) is 5.89. The third kappa shape index (κ3) is 3.49. The van der Waals surface area contributed by atoms with Crippen LogP contribution in [0.1, 0.15) is 18.6 Å². The Balaban J connectivity index is 2.16. The monoisotopic (exact) mass is 322 g/mol. The first-order valence-corrected chi connectivity index (χ1v) is 6.69. The van der Waals surface area contributed by atoms with Crippen LogP contribution in [0, 0.1) is 0 Å². The Morgan fingerprint density at radius 3 is 2.11 bits per heavy atom. The van der Waals surface area contributed by atoms with Gasteiger partial charge in [-0.25, -0.2) is 0 Å². The maximum Gasteiger partial charge on any atom is 0.128 e. The summed E-state index contributed by atoms with van der Waals surface area (Å²) in [5, 5.41) is 9.56. The molecule has 0 fully saturated rings. The predicted molar refractivity (Wildman–Crippen MR) is 77.8 cm³/mol. The Morgan fingerprint density at radius 2 is 1.58 bits per heavy atom.